The molecule has 1 aromatic heterocycles. The van der Waals surface area contributed by atoms with Crippen molar-refractivity contribution in [3.63, 3.8) is 0 Å². The van der Waals surface area contributed by atoms with Crippen LogP contribution in [0.3, 0.4) is 0 Å². The summed E-state index contributed by atoms with van der Waals surface area (Å²) in [6.45, 7) is 15.3. The number of amides is 1. The molecule has 8 heteroatoms. The molecule has 1 aliphatic rings. The molecule has 2 atom stereocenters. The minimum absolute atomic E-state index is 0.0960. The van der Waals surface area contributed by atoms with E-state index >= 15 is 0 Å². The van der Waals surface area contributed by atoms with Crippen molar-refractivity contribution < 1.29 is 9.53 Å². The van der Waals surface area contributed by atoms with E-state index in [9.17, 15) is 4.79 Å². The number of guanidine groups is 1. The molecule has 0 radical (unpaired) electrons. The largest absolute Gasteiger partial charge is 0.444 e. The van der Waals surface area contributed by atoms with E-state index in [2.05, 4.69) is 31.7 Å². The van der Waals surface area contributed by atoms with Crippen LogP contribution in [0.4, 0.5) is 4.79 Å². The van der Waals surface area contributed by atoms with Crippen molar-refractivity contribution in [3.05, 3.63) is 18.7 Å². The number of ether oxygens (including phenoxy) is 1. The summed E-state index contributed by atoms with van der Waals surface area (Å²) in [5.74, 6) is 1.52. The summed E-state index contributed by atoms with van der Waals surface area (Å²) < 4.78 is 7.74. The zero-order chi connectivity index (χ0) is 22.3. The lowest BCUT2D eigenvalue weighted by Gasteiger charge is -2.39. The number of piperidine rings is 1. The van der Waals surface area contributed by atoms with Crippen molar-refractivity contribution in [3.8, 4) is 0 Å². The average Bonchev–Trinajstić information content (AvgIpc) is 3.18. The molecule has 0 saturated carbocycles. The van der Waals surface area contributed by atoms with Crippen molar-refractivity contribution in [1.82, 2.24) is 24.7 Å². The van der Waals surface area contributed by atoms with Crippen LogP contribution in [0, 0.1) is 5.92 Å². The maximum atomic E-state index is 12.5. The minimum Gasteiger partial charge on any atom is -0.444 e. The summed E-state index contributed by atoms with van der Waals surface area (Å²) in [6.07, 6.45) is 7.46. The highest BCUT2D eigenvalue weighted by Crippen LogP contribution is 2.27. The fourth-order valence-corrected chi connectivity index (χ4v) is 3.76. The number of hydrogen-bond acceptors (Lipinski definition) is 4. The first-order valence-corrected chi connectivity index (χ1v) is 11.0. The Balaban J connectivity index is 1.85. The van der Waals surface area contributed by atoms with Crippen molar-refractivity contribution >= 4 is 12.1 Å². The van der Waals surface area contributed by atoms with Gasteiger partial charge >= 0.3 is 6.09 Å². The fraction of sp³-hybridized carbons (Fsp3) is 0.773. The first-order chi connectivity index (χ1) is 14.1. The van der Waals surface area contributed by atoms with E-state index in [0.717, 1.165) is 38.4 Å². The van der Waals surface area contributed by atoms with Crippen LogP contribution < -0.4 is 5.32 Å². The standard InChI is InChI=1S/C22H40N6O2/c1-17(2)28(21(29)30-22(4,5)6)12-8-10-25-20(23-7)26-13-9-18(3)19(15-26)27-14-11-24-16-27/h11,14,16-19H,8-10,12-13,15H2,1-7H3,(H,23,25). The Labute approximate surface area is 181 Å². The van der Waals surface area contributed by atoms with Gasteiger partial charge in [0.2, 0.25) is 0 Å². The Bertz CT molecular complexity index is 680. The molecule has 1 saturated heterocycles. The number of carbonyl (C=O) groups excluding carboxylic acids is 1. The number of likely N-dealkylation sites (tertiary alicyclic amines) is 1. The lowest BCUT2D eigenvalue weighted by molar-refractivity contribution is 0.0189. The summed E-state index contributed by atoms with van der Waals surface area (Å²) in [5.41, 5.74) is -0.484. The van der Waals surface area contributed by atoms with Gasteiger partial charge in [0.25, 0.3) is 0 Å². The van der Waals surface area contributed by atoms with Crippen LogP contribution in [-0.2, 0) is 4.74 Å². The summed E-state index contributed by atoms with van der Waals surface area (Å²) in [4.78, 5) is 25.3. The normalized spacial score (nSPS) is 20.4. The van der Waals surface area contributed by atoms with Crippen LogP contribution >= 0.6 is 0 Å². The van der Waals surface area contributed by atoms with Gasteiger partial charge in [-0.05, 0) is 53.4 Å². The molecule has 1 N–H and O–H groups in total. The third-order valence-electron chi connectivity index (χ3n) is 5.45. The number of aliphatic imine (C=N–C) groups is 1. The second-order valence-electron chi connectivity index (χ2n) is 9.38. The van der Waals surface area contributed by atoms with E-state index < -0.39 is 5.60 Å². The van der Waals surface area contributed by atoms with Crippen LogP contribution in [0.1, 0.15) is 60.4 Å². The number of hydrogen-bond donors (Lipinski definition) is 1. The first-order valence-electron chi connectivity index (χ1n) is 11.0. The second kappa shape index (κ2) is 10.7. The second-order valence-corrected chi connectivity index (χ2v) is 9.38. The molecule has 0 aliphatic carbocycles. The Hall–Kier alpha value is -2.25. The van der Waals surface area contributed by atoms with E-state index in [4.69, 9.17) is 4.74 Å². The van der Waals surface area contributed by atoms with E-state index in [0.29, 0.717) is 18.5 Å². The van der Waals surface area contributed by atoms with Crippen LogP contribution in [0.2, 0.25) is 0 Å². The van der Waals surface area contributed by atoms with Crippen LogP contribution in [0.5, 0.6) is 0 Å². The van der Waals surface area contributed by atoms with Gasteiger partial charge in [0.05, 0.1) is 12.4 Å². The number of imidazole rings is 1. The lowest BCUT2D eigenvalue weighted by Crippen LogP contribution is -2.49. The number of nitrogens with one attached hydrogen (secondary N) is 1. The molecular formula is C22H40N6O2. The molecule has 170 valence electrons. The van der Waals surface area contributed by atoms with Crippen molar-refractivity contribution in [1.29, 1.82) is 0 Å². The summed E-state index contributed by atoms with van der Waals surface area (Å²) in [7, 11) is 1.83. The van der Waals surface area contributed by atoms with Crippen molar-refractivity contribution in [2.75, 3.05) is 33.2 Å². The molecule has 2 heterocycles. The third kappa shape index (κ3) is 6.92. The minimum atomic E-state index is -0.484. The van der Waals surface area contributed by atoms with Gasteiger partial charge in [-0.2, -0.15) is 0 Å². The number of aromatic nitrogens is 2. The maximum absolute atomic E-state index is 12.5. The lowest BCUT2D eigenvalue weighted by atomic mass is 9.93. The van der Waals surface area contributed by atoms with Gasteiger partial charge in [-0.25, -0.2) is 9.78 Å². The monoisotopic (exact) mass is 420 g/mol. The molecule has 2 unspecified atom stereocenters. The zero-order valence-electron chi connectivity index (χ0n) is 19.8. The molecule has 1 amide bonds. The molecular weight excluding hydrogens is 380 g/mol. The predicted molar refractivity (Wildman–Crippen MR) is 121 cm³/mol. The summed E-state index contributed by atoms with van der Waals surface area (Å²) in [6, 6.07) is 0.488. The molecule has 1 aliphatic heterocycles. The number of rotatable bonds is 6. The molecule has 0 aromatic carbocycles. The molecule has 8 nitrogen and oxygen atoms in total. The van der Waals surface area contributed by atoms with Crippen molar-refractivity contribution in [2.45, 2.75) is 72.1 Å². The highest BCUT2D eigenvalue weighted by Gasteiger charge is 2.29. The molecule has 0 spiro atoms. The molecule has 1 fully saturated rings. The van der Waals surface area contributed by atoms with Gasteiger partial charge in [-0.15, -0.1) is 0 Å². The van der Waals surface area contributed by atoms with Gasteiger partial charge in [-0.1, -0.05) is 6.92 Å². The van der Waals surface area contributed by atoms with E-state index in [1.54, 1.807) is 4.90 Å². The molecule has 2 rings (SSSR count). The van der Waals surface area contributed by atoms with Gasteiger partial charge in [0, 0.05) is 51.7 Å². The quantitative estimate of drug-likeness (QED) is 0.434. The highest BCUT2D eigenvalue weighted by molar-refractivity contribution is 5.80. The fourth-order valence-electron chi connectivity index (χ4n) is 3.76. The van der Waals surface area contributed by atoms with E-state index in [-0.39, 0.29) is 12.1 Å². The van der Waals surface area contributed by atoms with Gasteiger partial charge in [0.1, 0.15) is 5.60 Å². The van der Waals surface area contributed by atoms with Gasteiger partial charge in [0.15, 0.2) is 5.96 Å². The number of nitrogens with zero attached hydrogens (tertiary/aromatic N) is 5. The molecule has 1 aromatic rings. The van der Waals surface area contributed by atoms with E-state index in [1.807, 2.05) is 60.4 Å². The molecule has 0 bridgehead atoms. The van der Waals surface area contributed by atoms with Crippen molar-refractivity contribution in [2.24, 2.45) is 10.9 Å². The van der Waals surface area contributed by atoms with E-state index in [1.165, 1.54) is 0 Å². The summed E-state index contributed by atoms with van der Waals surface area (Å²) in [5, 5.41) is 3.47. The zero-order valence-corrected chi connectivity index (χ0v) is 19.8. The smallest absolute Gasteiger partial charge is 0.410 e. The number of carbonyl (C=O) groups is 1. The predicted octanol–water partition coefficient (Wildman–Crippen LogP) is 3.38. The average molecular weight is 421 g/mol. The Kier molecular flexibility index (Phi) is 8.55. The highest BCUT2D eigenvalue weighted by atomic mass is 16.6. The third-order valence-corrected chi connectivity index (χ3v) is 5.45. The Morgan fingerprint density at radius 2 is 2.13 bits per heavy atom. The van der Waals surface area contributed by atoms with Gasteiger partial charge in [-0.3, -0.25) is 4.99 Å². The SMILES string of the molecule is CN=C(NCCCN(C(=O)OC(C)(C)C)C(C)C)N1CCC(C)C(n2ccnc2)C1. The first kappa shape index (κ1) is 24.0. The topological polar surface area (TPSA) is 75.0 Å². The Morgan fingerprint density at radius 3 is 2.70 bits per heavy atom. The Morgan fingerprint density at radius 1 is 1.40 bits per heavy atom. The van der Waals surface area contributed by atoms with Crippen LogP contribution in [0.15, 0.2) is 23.7 Å². The van der Waals surface area contributed by atoms with Crippen LogP contribution in [0.25, 0.3) is 0 Å². The molecule has 30 heavy (non-hydrogen) atoms. The van der Waals surface area contributed by atoms with Crippen LogP contribution in [-0.4, -0.2) is 76.3 Å². The maximum Gasteiger partial charge on any atom is 0.410 e. The summed E-state index contributed by atoms with van der Waals surface area (Å²) >= 11 is 0. The van der Waals surface area contributed by atoms with Gasteiger partial charge < -0.3 is 24.4 Å².